The van der Waals surface area contributed by atoms with Crippen molar-refractivity contribution in [2.45, 2.75) is 6.04 Å². The van der Waals surface area contributed by atoms with Crippen LogP contribution in [-0.2, 0) is 4.79 Å². The molecule has 1 fully saturated rings. The summed E-state index contributed by atoms with van der Waals surface area (Å²) in [7, 11) is 1.56. The van der Waals surface area contributed by atoms with Gasteiger partial charge in [0.15, 0.2) is 0 Å². The molecule has 6 nitrogen and oxygen atoms in total. The number of aliphatic carboxylic acids is 1. The Balaban J connectivity index is 2.25. The van der Waals surface area contributed by atoms with Crippen molar-refractivity contribution in [1.29, 1.82) is 0 Å². The van der Waals surface area contributed by atoms with Gasteiger partial charge in [0.2, 0.25) is 0 Å². The lowest BCUT2D eigenvalue weighted by molar-refractivity contribution is -0.137. The lowest BCUT2D eigenvalue weighted by Gasteiger charge is -2.21. The number of hydrogen-bond acceptors (Lipinski definition) is 3. The molecule has 1 atom stereocenters. The first-order valence-corrected chi connectivity index (χ1v) is 5.52. The van der Waals surface area contributed by atoms with E-state index >= 15 is 0 Å². The Morgan fingerprint density at radius 2 is 2.39 bits per heavy atom. The van der Waals surface area contributed by atoms with Crippen molar-refractivity contribution in [2.24, 2.45) is 0 Å². The van der Waals surface area contributed by atoms with Crippen molar-refractivity contribution in [3.63, 3.8) is 0 Å². The number of carbonyl (C=O) groups is 2. The van der Waals surface area contributed by atoms with E-state index in [1.807, 2.05) is 12.1 Å². The summed E-state index contributed by atoms with van der Waals surface area (Å²) in [4.78, 5) is 23.6. The second-order valence-corrected chi connectivity index (χ2v) is 4.00. The average molecular weight is 250 g/mol. The highest BCUT2D eigenvalue weighted by Crippen LogP contribution is 2.26. The Hall–Kier alpha value is -2.24. The molecular weight excluding hydrogens is 236 g/mol. The number of nitrogens with zero attached hydrogens (tertiary/aromatic N) is 1. The molecule has 2 rings (SSSR count). The van der Waals surface area contributed by atoms with Gasteiger partial charge in [0.1, 0.15) is 12.3 Å². The zero-order valence-corrected chi connectivity index (χ0v) is 9.92. The van der Waals surface area contributed by atoms with Crippen molar-refractivity contribution in [2.75, 3.05) is 20.2 Å². The number of nitrogens with one attached hydrogen (secondary N) is 1. The molecule has 2 N–H and O–H groups in total. The number of ether oxygens (including phenoxy) is 1. The van der Waals surface area contributed by atoms with Crippen LogP contribution >= 0.6 is 0 Å². The lowest BCUT2D eigenvalue weighted by atomic mass is 10.1. The first-order chi connectivity index (χ1) is 8.61. The molecule has 1 unspecified atom stereocenters. The highest BCUT2D eigenvalue weighted by Gasteiger charge is 2.33. The van der Waals surface area contributed by atoms with E-state index < -0.39 is 5.97 Å². The third-order valence-corrected chi connectivity index (χ3v) is 2.87. The number of rotatable bonds is 4. The van der Waals surface area contributed by atoms with Crippen LogP contribution in [0.15, 0.2) is 24.3 Å². The van der Waals surface area contributed by atoms with Crippen molar-refractivity contribution >= 4 is 12.0 Å². The summed E-state index contributed by atoms with van der Waals surface area (Å²) in [5, 5.41) is 11.5. The summed E-state index contributed by atoms with van der Waals surface area (Å²) in [5.41, 5.74) is 0.856. The van der Waals surface area contributed by atoms with Crippen molar-refractivity contribution in [1.82, 2.24) is 10.2 Å². The van der Waals surface area contributed by atoms with Gasteiger partial charge >= 0.3 is 12.0 Å². The highest BCUT2D eigenvalue weighted by atomic mass is 16.5. The van der Waals surface area contributed by atoms with Crippen LogP contribution in [0.4, 0.5) is 4.79 Å². The number of urea groups is 1. The number of carboxylic acids is 1. The van der Waals surface area contributed by atoms with Crippen LogP contribution in [0.25, 0.3) is 0 Å². The van der Waals surface area contributed by atoms with Gasteiger partial charge in [-0.2, -0.15) is 0 Å². The van der Waals surface area contributed by atoms with E-state index in [0.29, 0.717) is 12.3 Å². The van der Waals surface area contributed by atoms with Gasteiger partial charge in [-0.1, -0.05) is 12.1 Å². The number of methoxy groups -OCH3 is 1. The van der Waals surface area contributed by atoms with Crippen LogP contribution in [0.3, 0.4) is 0 Å². The third-order valence-electron chi connectivity index (χ3n) is 2.87. The number of amides is 2. The monoisotopic (exact) mass is 250 g/mol. The molecule has 0 radical (unpaired) electrons. The van der Waals surface area contributed by atoms with E-state index in [4.69, 9.17) is 9.84 Å². The van der Waals surface area contributed by atoms with Gasteiger partial charge in [0.25, 0.3) is 0 Å². The van der Waals surface area contributed by atoms with E-state index in [1.165, 1.54) is 4.90 Å². The van der Waals surface area contributed by atoms with E-state index in [9.17, 15) is 9.59 Å². The molecule has 1 aromatic carbocycles. The largest absolute Gasteiger partial charge is 0.497 e. The molecule has 0 aromatic heterocycles. The fourth-order valence-electron chi connectivity index (χ4n) is 2.01. The number of benzene rings is 1. The van der Waals surface area contributed by atoms with Gasteiger partial charge in [-0.3, -0.25) is 4.79 Å². The minimum atomic E-state index is -1.03. The predicted molar refractivity (Wildman–Crippen MR) is 63.5 cm³/mol. The maximum atomic E-state index is 11.6. The molecule has 1 aliphatic heterocycles. The number of carboxylic acid groups (broad SMARTS) is 1. The molecule has 1 aliphatic rings. The van der Waals surface area contributed by atoms with Gasteiger partial charge < -0.3 is 20.1 Å². The molecular formula is C12H14N2O4. The van der Waals surface area contributed by atoms with Gasteiger partial charge in [-0.05, 0) is 17.7 Å². The quantitative estimate of drug-likeness (QED) is 0.830. The van der Waals surface area contributed by atoms with Crippen LogP contribution in [0.1, 0.15) is 11.6 Å². The Morgan fingerprint density at radius 3 is 3.06 bits per heavy atom. The van der Waals surface area contributed by atoms with Crippen LogP contribution in [0.2, 0.25) is 0 Å². The standard InChI is InChI=1S/C12H14N2O4/c1-18-9-4-2-3-8(5-9)10-6-13-12(17)14(10)7-11(15)16/h2-5,10H,6-7H2,1H3,(H,13,17)(H,15,16). The molecule has 0 spiro atoms. The molecule has 18 heavy (non-hydrogen) atoms. The van der Waals surface area contributed by atoms with Crippen molar-refractivity contribution in [3.8, 4) is 5.75 Å². The molecule has 2 amide bonds. The minimum Gasteiger partial charge on any atom is -0.497 e. The smallest absolute Gasteiger partial charge is 0.323 e. The van der Waals surface area contributed by atoms with Crippen LogP contribution in [0, 0.1) is 0 Å². The second kappa shape index (κ2) is 4.95. The zero-order valence-electron chi connectivity index (χ0n) is 9.92. The Labute approximate surface area is 104 Å². The SMILES string of the molecule is COc1cccc(C2CNC(=O)N2CC(=O)O)c1. The van der Waals surface area contributed by atoms with Gasteiger partial charge in [-0.15, -0.1) is 0 Å². The fourth-order valence-corrected chi connectivity index (χ4v) is 2.01. The van der Waals surface area contributed by atoms with Gasteiger partial charge in [-0.25, -0.2) is 4.79 Å². The fraction of sp³-hybridized carbons (Fsp3) is 0.333. The molecule has 1 saturated heterocycles. The van der Waals surface area contributed by atoms with Crippen molar-refractivity contribution < 1.29 is 19.4 Å². The van der Waals surface area contributed by atoms with Gasteiger partial charge in [0, 0.05) is 6.54 Å². The maximum absolute atomic E-state index is 11.6. The maximum Gasteiger partial charge on any atom is 0.323 e. The molecule has 1 heterocycles. The molecule has 0 bridgehead atoms. The first kappa shape index (κ1) is 12.2. The molecule has 1 aromatic rings. The highest BCUT2D eigenvalue weighted by molar-refractivity contribution is 5.82. The molecule has 96 valence electrons. The summed E-state index contributed by atoms with van der Waals surface area (Å²) in [6.45, 7) is 0.0903. The summed E-state index contributed by atoms with van der Waals surface area (Å²) >= 11 is 0. The minimum absolute atomic E-state index is 0.274. The molecule has 0 saturated carbocycles. The summed E-state index contributed by atoms with van der Waals surface area (Å²) in [5.74, 6) is -0.345. The summed E-state index contributed by atoms with van der Waals surface area (Å²) in [6.07, 6.45) is 0. The topological polar surface area (TPSA) is 78.9 Å². The average Bonchev–Trinajstić information content (AvgIpc) is 2.71. The van der Waals surface area contributed by atoms with Gasteiger partial charge in [0.05, 0.1) is 13.2 Å². The zero-order chi connectivity index (χ0) is 13.1. The van der Waals surface area contributed by atoms with Crippen LogP contribution in [-0.4, -0.2) is 42.2 Å². The Kier molecular flexibility index (Phi) is 3.36. The lowest BCUT2D eigenvalue weighted by Crippen LogP contribution is -2.34. The third kappa shape index (κ3) is 2.37. The second-order valence-electron chi connectivity index (χ2n) is 4.00. The normalized spacial score (nSPS) is 18.6. The van der Waals surface area contributed by atoms with Crippen LogP contribution < -0.4 is 10.1 Å². The van der Waals surface area contributed by atoms with Crippen molar-refractivity contribution in [3.05, 3.63) is 29.8 Å². The van der Waals surface area contributed by atoms with E-state index in [1.54, 1.807) is 19.2 Å². The van der Waals surface area contributed by atoms with E-state index in [0.717, 1.165) is 5.56 Å². The molecule has 6 heteroatoms. The Bertz CT molecular complexity index is 475. The van der Waals surface area contributed by atoms with E-state index in [-0.39, 0.29) is 18.6 Å². The first-order valence-electron chi connectivity index (χ1n) is 5.52. The number of carbonyl (C=O) groups excluding carboxylic acids is 1. The Morgan fingerprint density at radius 1 is 1.61 bits per heavy atom. The summed E-state index contributed by atoms with van der Waals surface area (Å²) < 4.78 is 5.12. The summed E-state index contributed by atoms with van der Waals surface area (Å²) in [6, 6.07) is 6.64. The van der Waals surface area contributed by atoms with E-state index in [2.05, 4.69) is 5.32 Å². The molecule has 0 aliphatic carbocycles. The predicted octanol–water partition coefficient (Wildman–Crippen LogP) is 0.846. The number of hydrogen-bond donors (Lipinski definition) is 2. The van der Waals surface area contributed by atoms with Crippen LogP contribution in [0.5, 0.6) is 5.75 Å².